The van der Waals surface area contributed by atoms with E-state index in [1.165, 1.54) is 0 Å². The highest BCUT2D eigenvalue weighted by Crippen LogP contribution is 2.35. The van der Waals surface area contributed by atoms with Crippen LogP contribution in [0.25, 0.3) is 0 Å². The van der Waals surface area contributed by atoms with Gasteiger partial charge in [-0.15, -0.1) is 0 Å². The summed E-state index contributed by atoms with van der Waals surface area (Å²) in [5, 5.41) is 0. The number of para-hydroxylation sites is 1. The molecule has 0 saturated heterocycles. The van der Waals surface area contributed by atoms with Crippen LogP contribution < -0.4 is 4.74 Å². The third kappa shape index (κ3) is 3.08. The van der Waals surface area contributed by atoms with Gasteiger partial charge >= 0.3 is 0 Å². The van der Waals surface area contributed by atoms with Crippen molar-refractivity contribution in [1.82, 2.24) is 0 Å². The van der Waals surface area contributed by atoms with Crippen LogP contribution in [0, 0.1) is 6.92 Å². The highest BCUT2D eigenvalue weighted by molar-refractivity contribution is 5.76. The van der Waals surface area contributed by atoms with E-state index in [-0.39, 0.29) is 5.41 Å². The minimum Gasteiger partial charge on any atom is -0.457 e. The maximum Gasteiger partial charge on any atom is 0.150 e. The highest BCUT2D eigenvalue weighted by atomic mass is 16.5. The molecule has 0 spiro atoms. The molecular weight excluding hydrogens is 248 g/mol. The predicted octanol–water partition coefficient (Wildman–Crippen LogP) is 4.90. The SMILES string of the molecule is Cc1ccc(C=O)cc1Oc1ccccc1C(C)(C)C. The summed E-state index contributed by atoms with van der Waals surface area (Å²) in [7, 11) is 0. The Hall–Kier alpha value is -2.09. The second-order valence-corrected chi connectivity index (χ2v) is 5.99. The predicted molar refractivity (Wildman–Crippen MR) is 81.8 cm³/mol. The molecule has 2 rings (SSSR count). The molecule has 2 aromatic rings. The van der Waals surface area contributed by atoms with Crippen LogP contribution in [-0.4, -0.2) is 6.29 Å². The zero-order valence-corrected chi connectivity index (χ0v) is 12.4. The number of aryl methyl sites for hydroxylation is 1. The number of hydrogen-bond donors (Lipinski definition) is 0. The lowest BCUT2D eigenvalue weighted by Crippen LogP contribution is -2.12. The molecule has 2 nitrogen and oxygen atoms in total. The maximum absolute atomic E-state index is 10.9. The van der Waals surface area contributed by atoms with Crippen LogP contribution in [0.4, 0.5) is 0 Å². The molecule has 0 aromatic heterocycles. The standard InChI is InChI=1S/C18H20O2/c1-13-9-10-14(12-19)11-17(13)20-16-8-6-5-7-15(16)18(2,3)4/h5-12H,1-4H3. The first-order valence-corrected chi connectivity index (χ1v) is 6.75. The van der Waals surface area contributed by atoms with Crippen molar-refractivity contribution in [1.29, 1.82) is 0 Å². The first kappa shape index (κ1) is 14.3. The van der Waals surface area contributed by atoms with Crippen molar-refractivity contribution < 1.29 is 9.53 Å². The van der Waals surface area contributed by atoms with Gasteiger partial charge in [-0.25, -0.2) is 0 Å². The van der Waals surface area contributed by atoms with E-state index in [2.05, 4.69) is 26.8 Å². The second kappa shape index (κ2) is 5.49. The summed E-state index contributed by atoms with van der Waals surface area (Å²) in [5.41, 5.74) is 2.79. The first-order valence-electron chi connectivity index (χ1n) is 6.75. The van der Waals surface area contributed by atoms with E-state index >= 15 is 0 Å². The summed E-state index contributed by atoms with van der Waals surface area (Å²) >= 11 is 0. The summed E-state index contributed by atoms with van der Waals surface area (Å²) in [5.74, 6) is 1.57. The van der Waals surface area contributed by atoms with Crippen molar-refractivity contribution in [3.63, 3.8) is 0 Å². The molecule has 2 aromatic carbocycles. The fourth-order valence-corrected chi connectivity index (χ4v) is 2.09. The molecule has 0 aliphatic heterocycles. The number of benzene rings is 2. The number of hydrogen-bond acceptors (Lipinski definition) is 2. The monoisotopic (exact) mass is 268 g/mol. The molecule has 0 bridgehead atoms. The van der Waals surface area contributed by atoms with Gasteiger partial charge in [0.2, 0.25) is 0 Å². The third-order valence-electron chi connectivity index (χ3n) is 3.26. The van der Waals surface area contributed by atoms with Gasteiger partial charge in [0.05, 0.1) is 0 Å². The molecule has 0 atom stereocenters. The minimum atomic E-state index is 0.00671. The molecule has 104 valence electrons. The van der Waals surface area contributed by atoms with Gasteiger partial charge in [-0.3, -0.25) is 4.79 Å². The number of carbonyl (C=O) groups excluding carboxylic acids is 1. The Balaban J connectivity index is 2.43. The van der Waals surface area contributed by atoms with E-state index in [0.29, 0.717) is 5.56 Å². The van der Waals surface area contributed by atoms with Gasteiger partial charge < -0.3 is 4.74 Å². The largest absolute Gasteiger partial charge is 0.457 e. The first-order chi connectivity index (χ1) is 9.41. The molecule has 0 aliphatic carbocycles. The zero-order chi connectivity index (χ0) is 14.8. The van der Waals surface area contributed by atoms with Gasteiger partial charge in [0.1, 0.15) is 17.8 Å². The third-order valence-corrected chi connectivity index (χ3v) is 3.26. The molecule has 0 fully saturated rings. The van der Waals surface area contributed by atoms with Crippen LogP contribution in [0.5, 0.6) is 11.5 Å². The topological polar surface area (TPSA) is 26.3 Å². The fourth-order valence-electron chi connectivity index (χ4n) is 2.09. The zero-order valence-electron chi connectivity index (χ0n) is 12.4. The lowest BCUT2D eigenvalue weighted by Gasteiger charge is -2.23. The Kier molecular flexibility index (Phi) is 3.93. The van der Waals surface area contributed by atoms with E-state index in [1.807, 2.05) is 31.2 Å². The molecule has 0 heterocycles. The maximum atomic E-state index is 10.9. The van der Waals surface area contributed by atoms with Crippen molar-refractivity contribution >= 4 is 6.29 Å². The highest BCUT2D eigenvalue weighted by Gasteiger charge is 2.19. The van der Waals surface area contributed by atoms with Crippen LogP contribution in [0.1, 0.15) is 42.3 Å². The Bertz CT molecular complexity index is 622. The van der Waals surface area contributed by atoms with E-state index in [9.17, 15) is 4.79 Å². The molecule has 0 radical (unpaired) electrons. The number of carbonyl (C=O) groups is 1. The van der Waals surface area contributed by atoms with Gasteiger partial charge in [-0.05, 0) is 30.0 Å². The van der Waals surface area contributed by atoms with Crippen LogP contribution in [0.2, 0.25) is 0 Å². The average Bonchev–Trinajstić information content (AvgIpc) is 2.41. The van der Waals surface area contributed by atoms with Gasteiger partial charge in [0.15, 0.2) is 0 Å². The summed E-state index contributed by atoms with van der Waals surface area (Å²) in [6.45, 7) is 8.45. The van der Waals surface area contributed by atoms with E-state index < -0.39 is 0 Å². The molecule has 0 N–H and O–H groups in total. The Morgan fingerprint density at radius 1 is 1.00 bits per heavy atom. The summed E-state index contributed by atoms with van der Waals surface area (Å²) in [6, 6.07) is 13.5. The van der Waals surface area contributed by atoms with Crippen molar-refractivity contribution in [2.75, 3.05) is 0 Å². The fraction of sp³-hybridized carbons (Fsp3) is 0.278. The smallest absolute Gasteiger partial charge is 0.150 e. The van der Waals surface area contributed by atoms with Crippen molar-refractivity contribution in [2.45, 2.75) is 33.1 Å². The number of ether oxygens (including phenoxy) is 1. The van der Waals surface area contributed by atoms with Crippen molar-refractivity contribution in [3.05, 3.63) is 59.2 Å². The molecule has 0 amide bonds. The molecule has 0 aliphatic rings. The van der Waals surface area contributed by atoms with E-state index in [0.717, 1.165) is 28.9 Å². The second-order valence-electron chi connectivity index (χ2n) is 5.99. The summed E-state index contributed by atoms with van der Waals surface area (Å²) in [4.78, 5) is 10.9. The average molecular weight is 268 g/mol. The van der Waals surface area contributed by atoms with Crippen molar-refractivity contribution in [2.24, 2.45) is 0 Å². The summed E-state index contributed by atoms with van der Waals surface area (Å²) in [6.07, 6.45) is 0.835. The minimum absolute atomic E-state index is 0.00671. The van der Waals surface area contributed by atoms with Crippen LogP contribution in [0.15, 0.2) is 42.5 Å². The van der Waals surface area contributed by atoms with Gasteiger partial charge in [-0.1, -0.05) is 51.1 Å². The Labute approximate surface area is 120 Å². The van der Waals surface area contributed by atoms with Crippen LogP contribution in [0.3, 0.4) is 0 Å². The van der Waals surface area contributed by atoms with Crippen LogP contribution >= 0.6 is 0 Å². The summed E-state index contributed by atoms with van der Waals surface area (Å²) < 4.78 is 6.05. The molecular formula is C18H20O2. The molecule has 20 heavy (non-hydrogen) atoms. The van der Waals surface area contributed by atoms with Crippen LogP contribution in [-0.2, 0) is 5.41 Å². The Morgan fingerprint density at radius 2 is 1.70 bits per heavy atom. The lowest BCUT2D eigenvalue weighted by molar-refractivity contribution is 0.112. The van der Waals surface area contributed by atoms with E-state index in [4.69, 9.17) is 4.74 Å². The van der Waals surface area contributed by atoms with Crippen molar-refractivity contribution in [3.8, 4) is 11.5 Å². The van der Waals surface area contributed by atoms with Gasteiger partial charge in [-0.2, -0.15) is 0 Å². The number of rotatable bonds is 3. The van der Waals surface area contributed by atoms with Gasteiger partial charge in [0.25, 0.3) is 0 Å². The normalized spacial score (nSPS) is 11.2. The number of aldehydes is 1. The van der Waals surface area contributed by atoms with Gasteiger partial charge in [0, 0.05) is 11.1 Å². The molecule has 2 heteroatoms. The quantitative estimate of drug-likeness (QED) is 0.740. The Morgan fingerprint density at radius 3 is 2.35 bits per heavy atom. The molecule has 0 unspecified atom stereocenters. The van der Waals surface area contributed by atoms with E-state index in [1.54, 1.807) is 12.1 Å². The molecule has 0 saturated carbocycles. The lowest BCUT2D eigenvalue weighted by atomic mass is 9.86.